The van der Waals surface area contributed by atoms with E-state index in [0.29, 0.717) is 5.92 Å². The molecule has 1 rings (SSSR count). The van der Waals surface area contributed by atoms with Gasteiger partial charge in [-0.15, -0.1) is 0 Å². The fourth-order valence-corrected chi connectivity index (χ4v) is 2.01. The third kappa shape index (κ3) is 2.27. The summed E-state index contributed by atoms with van der Waals surface area (Å²) >= 11 is 0. The van der Waals surface area contributed by atoms with Gasteiger partial charge in [-0.05, 0) is 25.2 Å². The molecule has 4 heteroatoms. The molecule has 1 N–H and O–H groups in total. The zero-order valence-electron chi connectivity index (χ0n) is 6.04. The Bertz CT molecular complexity index is 171. The number of thiol groups is 1. The largest absolute Gasteiger partial charge is 0.216 e. The van der Waals surface area contributed by atoms with Crippen LogP contribution < -0.4 is 4.72 Å². The molecule has 0 amide bonds. The molecule has 0 aromatic carbocycles. The van der Waals surface area contributed by atoms with Crippen molar-refractivity contribution in [1.82, 2.24) is 4.72 Å². The van der Waals surface area contributed by atoms with Gasteiger partial charge in [-0.1, -0.05) is 6.92 Å². The Morgan fingerprint density at radius 1 is 1.40 bits per heavy atom. The van der Waals surface area contributed by atoms with E-state index in [1.807, 2.05) is 0 Å². The van der Waals surface area contributed by atoms with Gasteiger partial charge in [-0.3, -0.25) is 0 Å². The summed E-state index contributed by atoms with van der Waals surface area (Å²) in [5, 5.41) is 0. The molecule has 0 heterocycles. The average molecular weight is 163 g/mol. The molecule has 0 saturated heterocycles. The van der Waals surface area contributed by atoms with Crippen LogP contribution in [0.15, 0.2) is 0 Å². The van der Waals surface area contributed by atoms with E-state index in [4.69, 9.17) is 0 Å². The van der Waals surface area contributed by atoms with Crippen LogP contribution in [0.5, 0.6) is 0 Å². The van der Waals surface area contributed by atoms with E-state index in [1.54, 1.807) is 0 Å². The summed E-state index contributed by atoms with van der Waals surface area (Å²) in [6, 6.07) is 0.219. The molecule has 1 fully saturated rings. The summed E-state index contributed by atoms with van der Waals surface area (Å²) in [7, 11) is -2.38. The van der Waals surface area contributed by atoms with Gasteiger partial charge in [0.1, 0.15) is 0 Å². The smallest absolute Gasteiger partial charge is 0.201 e. The highest BCUT2D eigenvalue weighted by molar-refractivity contribution is 7.70. The molecule has 0 aliphatic heterocycles. The van der Waals surface area contributed by atoms with Gasteiger partial charge in [-0.2, -0.15) is 0 Å². The highest BCUT2D eigenvalue weighted by atomic mass is 32.2. The number of rotatable bonds is 2. The normalized spacial score (nSPS) is 33.4. The third-order valence-electron chi connectivity index (χ3n) is 1.98. The van der Waals surface area contributed by atoms with Crippen LogP contribution in [-0.4, -0.2) is 14.5 Å². The van der Waals surface area contributed by atoms with Crippen LogP contribution in [0, 0.1) is 5.92 Å². The molecule has 1 saturated carbocycles. The predicted octanol–water partition coefficient (Wildman–Crippen LogP) is 0.291. The highest BCUT2D eigenvalue weighted by Gasteiger charge is 2.20. The first kappa shape index (κ1) is 8.01. The SMILES string of the molecule is CC1CCC(N[SH](=O)=O)C1. The summed E-state index contributed by atoms with van der Waals surface area (Å²) in [5.74, 6) is 0.687. The minimum atomic E-state index is -2.38. The van der Waals surface area contributed by atoms with Crippen LogP contribution in [0.1, 0.15) is 26.2 Å². The lowest BCUT2D eigenvalue weighted by molar-refractivity contribution is 0.552. The van der Waals surface area contributed by atoms with Crippen LogP contribution in [0.3, 0.4) is 0 Å². The standard InChI is InChI=1S/C6H13NO2S/c1-5-2-3-6(4-5)7-10(8)9/h5-6,10H,2-4H2,1H3,(H,7,8,9). The Morgan fingerprint density at radius 3 is 2.50 bits per heavy atom. The molecular weight excluding hydrogens is 150 g/mol. The maximum atomic E-state index is 10.2. The Kier molecular flexibility index (Phi) is 2.68. The van der Waals surface area contributed by atoms with Crippen molar-refractivity contribution < 1.29 is 8.42 Å². The quantitative estimate of drug-likeness (QED) is 0.575. The lowest BCUT2D eigenvalue weighted by Gasteiger charge is -2.04. The molecule has 0 aromatic heterocycles. The molecule has 0 bridgehead atoms. The summed E-state index contributed by atoms with van der Waals surface area (Å²) in [6.45, 7) is 2.15. The molecule has 2 atom stereocenters. The van der Waals surface area contributed by atoms with Gasteiger partial charge in [0.25, 0.3) is 0 Å². The molecule has 0 spiro atoms. The van der Waals surface area contributed by atoms with Crippen LogP contribution >= 0.6 is 0 Å². The van der Waals surface area contributed by atoms with Crippen LogP contribution in [-0.2, 0) is 10.9 Å². The van der Waals surface area contributed by atoms with E-state index < -0.39 is 10.9 Å². The maximum absolute atomic E-state index is 10.2. The van der Waals surface area contributed by atoms with Gasteiger partial charge in [0.15, 0.2) is 0 Å². The summed E-state index contributed by atoms with van der Waals surface area (Å²) in [5.41, 5.74) is 0. The van der Waals surface area contributed by atoms with Crippen molar-refractivity contribution in [2.75, 3.05) is 0 Å². The molecule has 1 aliphatic rings. The van der Waals surface area contributed by atoms with Gasteiger partial charge < -0.3 is 0 Å². The predicted molar refractivity (Wildman–Crippen MR) is 40.3 cm³/mol. The van der Waals surface area contributed by atoms with Gasteiger partial charge in [0.2, 0.25) is 10.9 Å². The molecule has 3 nitrogen and oxygen atoms in total. The van der Waals surface area contributed by atoms with Gasteiger partial charge in [-0.25, -0.2) is 13.1 Å². The van der Waals surface area contributed by atoms with Gasteiger partial charge in [0.05, 0.1) is 0 Å². The van der Waals surface area contributed by atoms with Crippen molar-refractivity contribution in [3.63, 3.8) is 0 Å². The minimum absolute atomic E-state index is 0.219. The van der Waals surface area contributed by atoms with Crippen molar-refractivity contribution in [1.29, 1.82) is 0 Å². The van der Waals surface area contributed by atoms with Crippen LogP contribution in [0.2, 0.25) is 0 Å². The Labute approximate surface area is 62.9 Å². The minimum Gasteiger partial charge on any atom is -0.216 e. The summed E-state index contributed by atoms with van der Waals surface area (Å²) in [4.78, 5) is 0. The lowest BCUT2D eigenvalue weighted by Crippen LogP contribution is -2.24. The zero-order valence-corrected chi connectivity index (χ0v) is 6.93. The zero-order chi connectivity index (χ0) is 7.56. The number of hydrogen-bond acceptors (Lipinski definition) is 2. The van der Waals surface area contributed by atoms with E-state index in [2.05, 4.69) is 11.6 Å². The van der Waals surface area contributed by atoms with E-state index in [-0.39, 0.29) is 6.04 Å². The molecular formula is C6H13NO2S. The van der Waals surface area contributed by atoms with Crippen LogP contribution in [0.25, 0.3) is 0 Å². The summed E-state index contributed by atoms with van der Waals surface area (Å²) in [6.07, 6.45) is 3.16. The molecule has 60 valence electrons. The fourth-order valence-electron chi connectivity index (χ4n) is 1.47. The second-order valence-corrected chi connectivity index (χ2v) is 3.77. The first-order chi connectivity index (χ1) is 4.68. The molecule has 10 heavy (non-hydrogen) atoms. The highest BCUT2D eigenvalue weighted by Crippen LogP contribution is 2.24. The Hall–Kier alpha value is -0.0900. The lowest BCUT2D eigenvalue weighted by atomic mass is 10.1. The fraction of sp³-hybridized carbons (Fsp3) is 1.00. The Balaban J connectivity index is 2.31. The average Bonchev–Trinajstić information content (AvgIpc) is 2.13. The second kappa shape index (κ2) is 3.34. The second-order valence-electron chi connectivity index (χ2n) is 3.00. The van der Waals surface area contributed by atoms with Crippen molar-refractivity contribution in [3.05, 3.63) is 0 Å². The molecule has 1 aliphatic carbocycles. The van der Waals surface area contributed by atoms with E-state index in [1.165, 1.54) is 0 Å². The van der Waals surface area contributed by atoms with Gasteiger partial charge >= 0.3 is 0 Å². The number of hydrogen-bond donors (Lipinski definition) is 2. The molecule has 0 aromatic rings. The first-order valence-electron chi connectivity index (χ1n) is 3.59. The first-order valence-corrected chi connectivity index (χ1v) is 4.77. The van der Waals surface area contributed by atoms with E-state index >= 15 is 0 Å². The third-order valence-corrected chi connectivity index (χ3v) is 2.56. The number of nitrogens with one attached hydrogen (secondary N) is 1. The van der Waals surface area contributed by atoms with Gasteiger partial charge in [0, 0.05) is 6.04 Å². The van der Waals surface area contributed by atoms with Crippen molar-refractivity contribution >= 4 is 10.9 Å². The van der Waals surface area contributed by atoms with Crippen LogP contribution in [0.4, 0.5) is 0 Å². The molecule has 0 radical (unpaired) electrons. The van der Waals surface area contributed by atoms with Crippen molar-refractivity contribution in [2.45, 2.75) is 32.2 Å². The van der Waals surface area contributed by atoms with E-state index in [9.17, 15) is 8.42 Å². The van der Waals surface area contributed by atoms with E-state index in [0.717, 1.165) is 19.3 Å². The monoisotopic (exact) mass is 163 g/mol. The van der Waals surface area contributed by atoms with Crippen molar-refractivity contribution in [2.24, 2.45) is 5.92 Å². The summed E-state index contributed by atoms with van der Waals surface area (Å²) < 4.78 is 22.9. The Morgan fingerprint density at radius 2 is 2.10 bits per heavy atom. The topological polar surface area (TPSA) is 46.2 Å². The maximum Gasteiger partial charge on any atom is 0.201 e. The molecule has 2 unspecified atom stereocenters. The van der Waals surface area contributed by atoms with Crippen molar-refractivity contribution in [3.8, 4) is 0 Å².